The minimum absolute atomic E-state index is 0.300. The highest BCUT2D eigenvalue weighted by atomic mass is 32.1. The minimum Gasteiger partial charge on any atom is -0.450 e. The van der Waals surface area contributed by atoms with Gasteiger partial charge < -0.3 is 20.7 Å². The van der Waals surface area contributed by atoms with E-state index >= 15 is 0 Å². The fourth-order valence-electron chi connectivity index (χ4n) is 3.01. The van der Waals surface area contributed by atoms with Crippen LogP contribution in [0.5, 0.6) is 0 Å². The number of carbonyl (C=O) groups excluding carboxylic acids is 3. The Kier molecular flexibility index (Phi) is 6.10. The lowest BCUT2D eigenvalue weighted by atomic mass is 10.0. The van der Waals surface area contributed by atoms with Gasteiger partial charge in [-0.3, -0.25) is 9.59 Å². The molecule has 0 saturated heterocycles. The van der Waals surface area contributed by atoms with Gasteiger partial charge in [0.05, 0.1) is 18.7 Å². The summed E-state index contributed by atoms with van der Waals surface area (Å²) in [6.45, 7) is 2.81. The number of hydrogen-bond donors (Lipinski definition) is 2. The van der Waals surface area contributed by atoms with Gasteiger partial charge in [0.1, 0.15) is 5.00 Å². The number of benzene rings is 1. The van der Waals surface area contributed by atoms with Crippen LogP contribution in [0.15, 0.2) is 36.4 Å². The molecule has 3 amide bonds. The van der Waals surface area contributed by atoms with Crippen molar-refractivity contribution in [1.82, 2.24) is 4.90 Å². The number of nitrogens with two attached hydrogens (primary N) is 1. The predicted molar refractivity (Wildman–Crippen MR) is 108 cm³/mol. The second kappa shape index (κ2) is 8.71. The first-order chi connectivity index (χ1) is 13.5. The standard InChI is InChI=1S/C20H21N3O4S/c1-2-27-20(26)23-11-10-14-15(12-23)28-19(17(14)18(21)25)22-16(24)9-8-13-6-4-3-5-7-13/h3-9H,2,10-12H2,1H3,(H2,21,25)(H,22,24). The van der Waals surface area contributed by atoms with Crippen molar-refractivity contribution in [3.8, 4) is 0 Å². The van der Waals surface area contributed by atoms with Crippen LogP contribution in [-0.2, 0) is 22.5 Å². The van der Waals surface area contributed by atoms with Crippen LogP contribution < -0.4 is 11.1 Å². The van der Waals surface area contributed by atoms with Crippen LogP contribution in [-0.4, -0.2) is 36.0 Å². The number of thiophene rings is 1. The van der Waals surface area contributed by atoms with Gasteiger partial charge in [-0.05, 0) is 30.5 Å². The highest BCUT2D eigenvalue weighted by molar-refractivity contribution is 7.17. The molecule has 0 spiro atoms. The van der Waals surface area contributed by atoms with E-state index in [2.05, 4.69) is 5.32 Å². The number of rotatable bonds is 5. The Morgan fingerprint density at radius 3 is 2.71 bits per heavy atom. The number of fused-ring (bicyclic) bond motifs is 1. The van der Waals surface area contributed by atoms with E-state index in [0.29, 0.717) is 36.7 Å². The average molecular weight is 399 g/mol. The van der Waals surface area contributed by atoms with Crippen molar-refractivity contribution in [2.75, 3.05) is 18.5 Å². The normalized spacial score (nSPS) is 13.2. The van der Waals surface area contributed by atoms with Crippen LogP contribution in [0.1, 0.15) is 33.3 Å². The molecule has 146 valence electrons. The van der Waals surface area contributed by atoms with Crippen molar-refractivity contribution < 1.29 is 19.1 Å². The van der Waals surface area contributed by atoms with E-state index in [1.807, 2.05) is 30.3 Å². The first kappa shape index (κ1) is 19.6. The van der Waals surface area contributed by atoms with Crippen LogP contribution >= 0.6 is 11.3 Å². The molecule has 3 rings (SSSR count). The van der Waals surface area contributed by atoms with Gasteiger partial charge in [-0.15, -0.1) is 11.3 Å². The molecule has 1 aliphatic heterocycles. The molecule has 0 fully saturated rings. The maximum Gasteiger partial charge on any atom is 0.410 e. The third-order valence-electron chi connectivity index (χ3n) is 4.29. The molecule has 0 radical (unpaired) electrons. The largest absolute Gasteiger partial charge is 0.450 e. The second-order valence-electron chi connectivity index (χ2n) is 6.18. The zero-order valence-corrected chi connectivity index (χ0v) is 16.3. The zero-order valence-electron chi connectivity index (χ0n) is 15.4. The van der Waals surface area contributed by atoms with Crippen molar-refractivity contribution in [3.63, 3.8) is 0 Å². The monoisotopic (exact) mass is 399 g/mol. The molecule has 8 heteroatoms. The van der Waals surface area contributed by atoms with E-state index in [9.17, 15) is 14.4 Å². The van der Waals surface area contributed by atoms with E-state index in [1.165, 1.54) is 17.4 Å². The molecule has 0 atom stereocenters. The quantitative estimate of drug-likeness (QED) is 0.755. The van der Waals surface area contributed by atoms with Crippen LogP contribution in [0.25, 0.3) is 6.08 Å². The van der Waals surface area contributed by atoms with Crippen molar-refractivity contribution in [3.05, 3.63) is 58.0 Å². The Morgan fingerprint density at radius 2 is 2.04 bits per heavy atom. The summed E-state index contributed by atoms with van der Waals surface area (Å²) in [6, 6.07) is 9.42. The van der Waals surface area contributed by atoms with Crippen molar-refractivity contribution in [1.29, 1.82) is 0 Å². The van der Waals surface area contributed by atoms with Gasteiger partial charge in [0.2, 0.25) is 5.91 Å². The molecule has 1 aliphatic rings. The fraction of sp³-hybridized carbons (Fsp3) is 0.250. The molecular weight excluding hydrogens is 378 g/mol. The van der Waals surface area contributed by atoms with Gasteiger partial charge in [-0.25, -0.2) is 4.79 Å². The lowest BCUT2D eigenvalue weighted by Gasteiger charge is -2.26. The van der Waals surface area contributed by atoms with Gasteiger partial charge in [0.25, 0.3) is 5.91 Å². The number of primary amides is 1. The Morgan fingerprint density at radius 1 is 1.29 bits per heavy atom. The van der Waals surface area contributed by atoms with E-state index < -0.39 is 12.0 Å². The van der Waals surface area contributed by atoms with Crippen molar-refractivity contribution in [2.24, 2.45) is 5.73 Å². The molecule has 28 heavy (non-hydrogen) atoms. The number of amides is 3. The molecule has 0 unspecified atom stereocenters. The number of anilines is 1. The van der Waals surface area contributed by atoms with E-state index in [1.54, 1.807) is 17.9 Å². The summed E-state index contributed by atoms with van der Waals surface area (Å²) in [5.74, 6) is -0.948. The lowest BCUT2D eigenvalue weighted by molar-refractivity contribution is -0.111. The van der Waals surface area contributed by atoms with E-state index in [4.69, 9.17) is 10.5 Å². The minimum atomic E-state index is -0.593. The third-order valence-corrected chi connectivity index (χ3v) is 5.42. The molecule has 7 nitrogen and oxygen atoms in total. The zero-order chi connectivity index (χ0) is 20.1. The number of nitrogens with one attached hydrogen (secondary N) is 1. The number of nitrogens with zero attached hydrogens (tertiary/aromatic N) is 1. The van der Waals surface area contributed by atoms with Crippen LogP contribution in [0.4, 0.5) is 9.80 Å². The first-order valence-corrected chi connectivity index (χ1v) is 9.71. The van der Waals surface area contributed by atoms with Crippen LogP contribution in [0.3, 0.4) is 0 Å². The molecule has 0 aliphatic carbocycles. The first-order valence-electron chi connectivity index (χ1n) is 8.89. The summed E-state index contributed by atoms with van der Waals surface area (Å²) < 4.78 is 5.04. The maximum atomic E-state index is 12.3. The summed E-state index contributed by atoms with van der Waals surface area (Å²) in [5.41, 5.74) is 7.57. The fourth-order valence-corrected chi connectivity index (χ4v) is 4.28. The Hall–Kier alpha value is -3.13. The molecule has 2 aromatic rings. The van der Waals surface area contributed by atoms with Crippen LogP contribution in [0.2, 0.25) is 0 Å². The molecule has 3 N–H and O–H groups in total. The Labute approximate surface area is 166 Å². The molecule has 1 aromatic carbocycles. The highest BCUT2D eigenvalue weighted by Gasteiger charge is 2.29. The summed E-state index contributed by atoms with van der Waals surface area (Å²) >= 11 is 1.26. The lowest BCUT2D eigenvalue weighted by Crippen LogP contribution is -2.36. The number of hydrogen-bond acceptors (Lipinski definition) is 5. The average Bonchev–Trinajstić information content (AvgIpc) is 3.04. The summed E-state index contributed by atoms with van der Waals surface area (Å²) in [6.07, 6.45) is 3.19. The van der Waals surface area contributed by atoms with Gasteiger partial charge in [-0.2, -0.15) is 0 Å². The summed E-state index contributed by atoms with van der Waals surface area (Å²) in [7, 11) is 0. The predicted octanol–water partition coefficient (Wildman–Crippen LogP) is 3.01. The maximum absolute atomic E-state index is 12.3. The number of ether oxygens (including phenoxy) is 1. The van der Waals surface area contributed by atoms with Gasteiger partial charge >= 0.3 is 6.09 Å². The Balaban J connectivity index is 1.78. The third kappa shape index (κ3) is 4.40. The molecule has 1 aromatic heterocycles. The smallest absolute Gasteiger partial charge is 0.410 e. The Bertz CT molecular complexity index is 921. The summed E-state index contributed by atoms with van der Waals surface area (Å²) in [4.78, 5) is 38.7. The van der Waals surface area contributed by atoms with Gasteiger partial charge in [-0.1, -0.05) is 30.3 Å². The van der Waals surface area contributed by atoms with E-state index in [-0.39, 0.29) is 5.91 Å². The topological polar surface area (TPSA) is 102 Å². The van der Waals surface area contributed by atoms with Gasteiger partial charge in [0, 0.05) is 17.5 Å². The van der Waals surface area contributed by atoms with Crippen molar-refractivity contribution in [2.45, 2.75) is 19.9 Å². The molecule has 2 heterocycles. The molecule has 0 saturated carbocycles. The second-order valence-corrected chi connectivity index (χ2v) is 7.28. The SMILES string of the molecule is CCOC(=O)N1CCc2c(sc(NC(=O)C=Cc3ccccc3)c2C(N)=O)C1. The van der Waals surface area contributed by atoms with Gasteiger partial charge in [0.15, 0.2) is 0 Å². The number of carbonyl (C=O) groups is 3. The van der Waals surface area contributed by atoms with Crippen LogP contribution in [0, 0.1) is 0 Å². The van der Waals surface area contributed by atoms with E-state index in [0.717, 1.165) is 16.0 Å². The highest BCUT2D eigenvalue weighted by Crippen LogP contribution is 2.37. The molecule has 0 bridgehead atoms. The summed E-state index contributed by atoms with van der Waals surface area (Å²) in [5, 5.41) is 3.15. The van der Waals surface area contributed by atoms with Crippen molar-refractivity contribution >= 4 is 40.3 Å². The molecular formula is C20H21N3O4S.